The van der Waals surface area contributed by atoms with E-state index >= 15 is 0 Å². The largest absolute Gasteiger partial charge is 0.392 e. The Labute approximate surface area is 129 Å². The molecule has 0 bridgehead atoms. The molecule has 2 N–H and O–H groups in total. The maximum Gasteiger partial charge on any atom is 0.235 e. The van der Waals surface area contributed by atoms with Crippen LogP contribution in [0, 0.1) is 11.3 Å². The zero-order valence-corrected chi connectivity index (χ0v) is 14.3. The van der Waals surface area contributed by atoms with E-state index in [1.807, 2.05) is 13.8 Å². The second-order valence-electron chi connectivity index (χ2n) is 6.67. The lowest BCUT2D eigenvalue weighted by molar-refractivity contribution is -0.140. The second-order valence-corrected chi connectivity index (χ2v) is 7.11. The summed E-state index contributed by atoms with van der Waals surface area (Å²) in [5.74, 6) is 0.740. The van der Waals surface area contributed by atoms with Crippen molar-refractivity contribution in [3.8, 4) is 0 Å². The van der Waals surface area contributed by atoms with Crippen molar-refractivity contribution in [2.75, 3.05) is 6.54 Å². The van der Waals surface area contributed by atoms with Gasteiger partial charge in [0.25, 0.3) is 0 Å². The number of nitrogens with two attached hydrogens (primary N) is 1. The number of nitrogens with zero attached hydrogens (tertiary/aromatic N) is 1. The molecule has 0 aromatic heterocycles. The number of carbonyl (C=O) groups is 1. The van der Waals surface area contributed by atoms with Crippen LogP contribution in [0.15, 0.2) is 0 Å². The van der Waals surface area contributed by atoms with Crippen LogP contribution in [0.2, 0.25) is 0 Å². The Morgan fingerprint density at radius 1 is 1.40 bits per heavy atom. The van der Waals surface area contributed by atoms with Gasteiger partial charge in [-0.3, -0.25) is 4.79 Å². The Balaban J connectivity index is 2.90. The molecule has 0 saturated heterocycles. The Kier molecular flexibility index (Phi) is 6.44. The van der Waals surface area contributed by atoms with E-state index < -0.39 is 5.41 Å². The number of hydrogen-bond donors (Lipinski definition) is 1. The van der Waals surface area contributed by atoms with Crippen molar-refractivity contribution >= 4 is 23.1 Å². The first-order valence-electron chi connectivity index (χ1n) is 7.94. The molecule has 1 atom stereocenters. The van der Waals surface area contributed by atoms with E-state index in [4.69, 9.17) is 18.0 Å². The summed E-state index contributed by atoms with van der Waals surface area (Å²) < 4.78 is 0. The Hall–Kier alpha value is -0.640. The predicted molar refractivity (Wildman–Crippen MR) is 88.6 cm³/mol. The zero-order chi connectivity index (χ0) is 15.3. The van der Waals surface area contributed by atoms with Gasteiger partial charge in [0.05, 0.1) is 10.4 Å². The monoisotopic (exact) mass is 298 g/mol. The highest BCUT2D eigenvalue weighted by atomic mass is 32.1. The van der Waals surface area contributed by atoms with Crippen LogP contribution in [0.5, 0.6) is 0 Å². The summed E-state index contributed by atoms with van der Waals surface area (Å²) >= 11 is 5.17. The van der Waals surface area contributed by atoms with Gasteiger partial charge in [0.1, 0.15) is 0 Å². The van der Waals surface area contributed by atoms with Crippen LogP contribution < -0.4 is 5.73 Å². The Morgan fingerprint density at radius 3 is 2.35 bits per heavy atom. The van der Waals surface area contributed by atoms with Crippen LogP contribution in [-0.2, 0) is 4.79 Å². The van der Waals surface area contributed by atoms with Crippen molar-refractivity contribution in [1.29, 1.82) is 0 Å². The van der Waals surface area contributed by atoms with Crippen LogP contribution in [0.3, 0.4) is 0 Å². The molecule has 1 amide bonds. The zero-order valence-electron chi connectivity index (χ0n) is 13.4. The van der Waals surface area contributed by atoms with Gasteiger partial charge in [0, 0.05) is 12.6 Å². The van der Waals surface area contributed by atoms with Gasteiger partial charge in [-0.15, -0.1) is 0 Å². The number of hydrogen-bond acceptors (Lipinski definition) is 2. The highest BCUT2D eigenvalue weighted by molar-refractivity contribution is 7.80. The van der Waals surface area contributed by atoms with Gasteiger partial charge in [0.15, 0.2) is 0 Å². The Bertz CT molecular complexity index is 350. The third kappa shape index (κ3) is 3.94. The fourth-order valence-corrected chi connectivity index (χ4v) is 3.04. The minimum absolute atomic E-state index is 0.139. The summed E-state index contributed by atoms with van der Waals surface area (Å²) in [4.78, 5) is 15.4. The summed E-state index contributed by atoms with van der Waals surface area (Å²) in [7, 11) is 0. The Morgan fingerprint density at radius 2 is 1.95 bits per heavy atom. The maximum absolute atomic E-state index is 13.0. The van der Waals surface area contributed by atoms with Crippen molar-refractivity contribution < 1.29 is 4.79 Å². The lowest BCUT2D eigenvalue weighted by atomic mass is 9.85. The third-order valence-corrected chi connectivity index (χ3v) is 5.15. The standard InChI is InChI=1S/C16H30N2OS/c1-5-16(4,14(17)20)15(19)18(11-10-12(2)3)13-8-6-7-9-13/h12-13H,5-11H2,1-4H3,(H2,17,20). The maximum atomic E-state index is 13.0. The van der Waals surface area contributed by atoms with Crippen molar-refractivity contribution in [2.45, 2.75) is 72.3 Å². The third-order valence-electron chi connectivity index (χ3n) is 4.70. The molecule has 116 valence electrons. The molecule has 3 nitrogen and oxygen atoms in total. The highest BCUT2D eigenvalue weighted by Gasteiger charge is 2.40. The van der Waals surface area contributed by atoms with E-state index in [0.717, 1.165) is 25.8 Å². The fraction of sp³-hybridized carbons (Fsp3) is 0.875. The quantitative estimate of drug-likeness (QED) is 0.732. The van der Waals surface area contributed by atoms with Crippen molar-refractivity contribution in [2.24, 2.45) is 17.1 Å². The van der Waals surface area contributed by atoms with Gasteiger partial charge in [-0.25, -0.2) is 0 Å². The molecule has 1 unspecified atom stereocenters. The normalized spacial score (nSPS) is 19.1. The van der Waals surface area contributed by atoms with Gasteiger partial charge in [-0.05, 0) is 38.5 Å². The molecule has 0 aromatic carbocycles. The fourth-order valence-electron chi connectivity index (χ4n) is 2.81. The number of thiocarbonyl (C=S) groups is 1. The molecule has 0 radical (unpaired) electrons. The average Bonchev–Trinajstić information content (AvgIpc) is 2.91. The lowest BCUT2D eigenvalue weighted by Gasteiger charge is -2.37. The average molecular weight is 298 g/mol. The number of carbonyl (C=O) groups excluding carboxylic acids is 1. The molecule has 1 aliphatic rings. The summed E-state index contributed by atoms with van der Waals surface area (Å²) in [6.45, 7) is 9.12. The molecule has 1 rings (SSSR count). The molecular weight excluding hydrogens is 268 g/mol. The molecule has 1 aliphatic carbocycles. The first kappa shape index (κ1) is 17.4. The smallest absolute Gasteiger partial charge is 0.235 e. The van der Waals surface area contributed by atoms with Gasteiger partial charge < -0.3 is 10.6 Å². The summed E-state index contributed by atoms with van der Waals surface area (Å²) in [5.41, 5.74) is 5.17. The van der Waals surface area contributed by atoms with Crippen molar-refractivity contribution in [3.05, 3.63) is 0 Å². The number of rotatable bonds is 7. The van der Waals surface area contributed by atoms with Crippen LogP contribution >= 0.6 is 12.2 Å². The summed E-state index contributed by atoms with van der Waals surface area (Å²) in [5, 5.41) is 0. The van der Waals surface area contributed by atoms with Crippen LogP contribution in [-0.4, -0.2) is 28.4 Å². The minimum Gasteiger partial charge on any atom is -0.392 e. The number of amides is 1. The van der Waals surface area contributed by atoms with Gasteiger partial charge in [-0.1, -0.05) is 45.8 Å². The van der Waals surface area contributed by atoms with Crippen LogP contribution in [0.1, 0.15) is 66.2 Å². The summed E-state index contributed by atoms with van der Waals surface area (Å²) in [6, 6.07) is 0.390. The van der Waals surface area contributed by atoms with E-state index in [1.165, 1.54) is 12.8 Å². The topological polar surface area (TPSA) is 46.3 Å². The molecular formula is C16H30N2OS. The van der Waals surface area contributed by atoms with Crippen LogP contribution in [0.4, 0.5) is 0 Å². The highest BCUT2D eigenvalue weighted by Crippen LogP contribution is 2.31. The van der Waals surface area contributed by atoms with E-state index in [9.17, 15) is 4.79 Å². The lowest BCUT2D eigenvalue weighted by Crippen LogP contribution is -2.52. The SMILES string of the molecule is CCC(C)(C(=O)N(CCC(C)C)C1CCCC1)C(N)=S. The van der Waals surface area contributed by atoms with Crippen LogP contribution in [0.25, 0.3) is 0 Å². The van der Waals surface area contributed by atoms with Gasteiger partial charge in [0.2, 0.25) is 5.91 Å². The van der Waals surface area contributed by atoms with Crippen molar-refractivity contribution in [3.63, 3.8) is 0 Å². The second kappa shape index (κ2) is 7.39. The molecule has 4 heteroatoms. The van der Waals surface area contributed by atoms with Gasteiger partial charge in [-0.2, -0.15) is 0 Å². The molecule has 1 fully saturated rings. The molecule has 0 heterocycles. The van der Waals surface area contributed by atoms with E-state index in [2.05, 4.69) is 18.7 Å². The predicted octanol–water partition coefficient (Wildman–Crippen LogP) is 3.51. The first-order chi connectivity index (χ1) is 9.32. The van der Waals surface area contributed by atoms with E-state index in [-0.39, 0.29) is 5.91 Å². The molecule has 1 saturated carbocycles. The molecule has 0 aromatic rings. The molecule has 0 spiro atoms. The molecule has 20 heavy (non-hydrogen) atoms. The first-order valence-corrected chi connectivity index (χ1v) is 8.34. The van der Waals surface area contributed by atoms with Crippen molar-refractivity contribution in [1.82, 2.24) is 4.90 Å². The van der Waals surface area contributed by atoms with E-state index in [0.29, 0.717) is 23.4 Å². The van der Waals surface area contributed by atoms with Gasteiger partial charge >= 0.3 is 0 Å². The summed E-state index contributed by atoms with van der Waals surface area (Å²) in [6.07, 6.45) is 6.42. The van der Waals surface area contributed by atoms with E-state index in [1.54, 1.807) is 0 Å². The molecule has 0 aliphatic heterocycles. The minimum atomic E-state index is -0.686.